The Balaban J connectivity index is 2.13. The normalized spacial score (nSPS) is 15.6. The first kappa shape index (κ1) is 19.7. The monoisotopic (exact) mass is 387 g/mol. The summed E-state index contributed by atoms with van der Waals surface area (Å²) >= 11 is 6.05. The van der Waals surface area contributed by atoms with Crippen LogP contribution in [0.5, 0.6) is 0 Å². The SMILES string of the molecule is CC(=O)NCCNC(=O)c1cc(S(=O)(=O)N2CCCCC2)ccc1Cl. The van der Waals surface area contributed by atoms with Crippen molar-refractivity contribution < 1.29 is 18.0 Å². The summed E-state index contributed by atoms with van der Waals surface area (Å²) in [6.45, 7) is 2.86. The van der Waals surface area contributed by atoms with Gasteiger partial charge in [-0.1, -0.05) is 18.0 Å². The Kier molecular flexibility index (Phi) is 6.80. The number of sulfonamides is 1. The zero-order valence-electron chi connectivity index (χ0n) is 14.0. The van der Waals surface area contributed by atoms with Crippen molar-refractivity contribution in [3.8, 4) is 0 Å². The summed E-state index contributed by atoms with van der Waals surface area (Å²) in [5.41, 5.74) is 0.0996. The number of benzene rings is 1. The Bertz CT molecular complexity index is 746. The number of carbonyl (C=O) groups excluding carboxylic acids is 2. The van der Waals surface area contributed by atoms with Gasteiger partial charge in [-0.15, -0.1) is 0 Å². The van der Waals surface area contributed by atoms with E-state index in [0.29, 0.717) is 13.1 Å². The topological polar surface area (TPSA) is 95.6 Å². The van der Waals surface area contributed by atoms with Crippen LogP contribution < -0.4 is 10.6 Å². The number of hydrogen-bond donors (Lipinski definition) is 2. The van der Waals surface area contributed by atoms with E-state index in [1.807, 2.05) is 0 Å². The van der Waals surface area contributed by atoms with Gasteiger partial charge in [0, 0.05) is 33.1 Å². The minimum Gasteiger partial charge on any atom is -0.355 e. The van der Waals surface area contributed by atoms with Gasteiger partial charge in [-0.25, -0.2) is 8.42 Å². The molecular weight excluding hydrogens is 366 g/mol. The number of piperidine rings is 1. The molecular formula is C16H22ClN3O4S. The van der Waals surface area contributed by atoms with Gasteiger partial charge in [-0.2, -0.15) is 4.31 Å². The molecule has 7 nitrogen and oxygen atoms in total. The van der Waals surface area contributed by atoms with Gasteiger partial charge in [0.15, 0.2) is 0 Å². The number of nitrogens with zero attached hydrogens (tertiary/aromatic N) is 1. The van der Waals surface area contributed by atoms with Crippen LogP contribution in [0.4, 0.5) is 0 Å². The molecule has 0 saturated carbocycles. The minimum atomic E-state index is -3.63. The van der Waals surface area contributed by atoms with E-state index in [1.54, 1.807) is 0 Å². The lowest BCUT2D eigenvalue weighted by atomic mass is 10.2. The molecule has 0 bridgehead atoms. The summed E-state index contributed by atoms with van der Waals surface area (Å²) < 4.78 is 26.9. The summed E-state index contributed by atoms with van der Waals surface area (Å²) in [5, 5.41) is 5.34. The molecule has 1 saturated heterocycles. The fourth-order valence-corrected chi connectivity index (χ4v) is 4.35. The van der Waals surface area contributed by atoms with Crippen LogP contribution in [-0.4, -0.2) is 50.7 Å². The maximum atomic E-state index is 12.7. The van der Waals surface area contributed by atoms with Gasteiger partial charge in [-0.3, -0.25) is 9.59 Å². The predicted molar refractivity (Wildman–Crippen MR) is 95.1 cm³/mol. The van der Waals surface area contributed by atoms with Crippen LogP contribution in [0, 0.1) is 0 Å². The molecule has 0 spiro atoms. The minimum absolute atomic E-state index is 0.0609. The summed E-state index contributed by atoms with van der Waals surface area (Å²) in [4.78, 5) is 23.1. The van der Waals surface area contributed by atoms with Crippen LogP contribution in [-0.2, 0) is 14.8 Å². The van der Waals surface area contributed by atoms with E-state index in [1.165, 1.54) is 29.4 Å². The molecule has 2 amide bonds. The fourth-order valence-electron chi connectivity index (χ4n) is 2.60. The van der Waals surface area contributed by atoms with Crippen molar-refractivity contribution in [1.82, 2.24) is 14.9 Å². The van der Waals surface area contributed by atoms with Crippen LogP contribution in [0.3, 0.4) is 0 Å². The molecule has 1 fully saturated rings. The average Bonchev–Trinajstić information content (AvgIpc) is 2.59. The molecule has 0 aliphatic carbocycles. The van der Waals surface area contributed by atoms with Gasteiger partial charge < -0.3 is 10.6 Å². The van der Waals surface area contributed by atoms with Crippen LogP contribution >= 0.6 is 11.6 Å². The summed E-state index contributed by atoms with van der Waals surface area (Å²) in [5.74, 6) is -0.673. The van der Waals surface area contributed by atoms with Crippen molar-refractivity contribution in [2.45, 2.75) is 31.1 Å². The van der Waals surface area contributed by atoms with E-state index in [2.05, 4.69) is 10.6 Å². The molecule has 0 unspecified atom stereocenters. The first-order valence-corrected chi connectivity index (χ1v) is 9.96. The lowest BCUT2D eigenvalue weighted by Crippen LogP contribution is -2.36. The highest BCUT2D eigenvalue weighted by atomic mass is 35.5. The van der Waals surface area contributed by atoms with Crippen LogP contribution in [0.2, 0.25) is 5.02 Å². The molecule has 2 N–H and O–H groups in total. The highest BCUT2D eigenvalue weighted by molar-refractivity contribution is 7.89. The number of rotatable bonds is 6. The Hall–Kier alpha value is -1.64. The molecule has 1 aromatic carbocycles. The van der Waals surface area contributed by atoms with Crippen molar-refractivity contribution >= 4 is 33.4 Å². The van der Waals surface area contributed by atoms with E-state index < -0.39 is 15.9 Å². The van der Waals surface area contributed by atoms with Crippen molar-refractivity contribution in [1.29, 1.82) is 0 Å². The smallest absolute Gasteiger partial charge is 0.252 e. The van der Waals surface area contributed by atoms with Crippen LogP contribution in [0.25, 0.3) is 0 Å². The number of amides is 2. The van der Waals surface area contributed by atoms with Gasteiger partial charge in [0.2, 0.25) is 15.9 Å². The maximum absolute atomic E-state index is 12.7. The third-order valence-corrected chi connectivity index (χ3v) is 6.14. The van der Waals surface area contributed by atoms with Crippen molar-refractivity contribution in [2.24, 2.45) is 0 Å². The lowest BCUT2D eigenvalue weighted by Gasteiger charge is -2.26. The lowest BCUT2D eigenvalue weighted by molar-refractivity contribution is -0.118. The summed E-state index contributed by atoms with van der Waals surface area (Å²) in [6, 6.07) is 4.14. The molecule has 1 aromatic rings. The molecule has 9 heteroatoms. The molecule has 0 atom stereocenters. The third kappa shape index (κ3) is 5.17. The first-order chi connectivity index (χ1) is 11.8. The second-order valence-corrected chi connectivity index (χ2v) is 8.19. The zero-order valence-corrected chi connectivity index (χ0v) is 15.6. The largest absolute Gasteiger partial charge is 0.355 e. The molecule has 2 rings (SSSR count). The van der Waals surface area contributed by atoms with Crippen LogP contribution in [0.15, 0.2) is 23.1 Å². The van der Waals surface area contributed by atoms with E-state index in [4.69, 9.17) is 11.6 Å². The van der Waals surface area contributed by atoms with Gasteiger partial charge in [0.25, 0.3) is 5.91 Å². The van der Waals surface area contributed by atoms with Crippen LogP contribution in [0.1, 0.15) is 36.5 Å². The maximum Gasteiger partial charge on any atom is 0.252 e. The Morgan fingerprint density at radius 3 is 2.40 bits per heavy atom. The van der Waals surface area contributed by atoms with E-state index in [-0.39, 0.29) is 34.5 Å². The molecule has 1 heterocycles. The average molecular weight is 388 g/mol. The molecule has 1 aliphatic rings. The molecule has 1 aliphatic heterocycles. The third-order valence-electron chi connectivity index (χ3n) is 3.92. The first-order valence-electron chi connectivity index (χ1n) is 8.14. The van der Waals surface area contributed by atoms with Crippen molar-refractivity contribution in [3.63, 3.8) is 0 Å². The Morgan fingerprint density at radius 2 is 1.76 bits per heavy atom. The Labute approximate surface area is 152 Å². The molecule has 0 aromatic heterocycles. The molecule has 138 valence electrons. The molecule has 0 radical (unpaired) electrons. The van der Waals surface area contributed by atoms with Crippen molar-refractivity contribution in [2.75, 3.05) is 26.2 Å². The van der Waals surface area contributed by atoms with E-state index >= 15 is 0 Å². The highest BCUT2D eigenvalue weighted by Gasteiger charge is 2.27. The predicted octanol–water partition coefficient (Wildman–Crippen LogP) is 1.38. The Morgan fingerprint density at radius 1 is 1.12 bits per heavy atom. The quantitative estimate of drug-likeness (QED) is 0.721. The van der Waals surface area contributed by atoms with Crippen molar-refractivity contribution in [3.05, 3.63) is 28.8 Å². The second-order valence-electron chi connectivity index (χ2n) is 5.85. The number of halogens is 1. The fraction of sp³-hybridized carbons (Fsp3) is 0.500. The number of nitrogens with one attached hydrogen (secondary N) is 2. The van der Waals surface area contributed by atoms with E-state index in [0.717, 1.165) is 19.3 Å². The number of carbonyl (C=O) groups is 2. The number of hydrogen-bond acceptors (Lipinski definition) is 4. The standard InChI is InChI=1S/C16H22ClN3O4S/c1-12(21)18-7-8-19-16(22)14-11-13(5-6-15(14)17)25(23,24)20-9-3-2-4-10-20/h5-6,11H,2-4,7-10H2,1H3,(H,18,21)(H,19,22). The second kappa shape index (κ2) is 8.64. The summed E-state index contributed by atoms with van der Waals surface area (Å²) in [7, 11) is -3.63. The zero-order chi connectivity index (χ0) is 18.4. The van der Waals surface area contributed by atoms with E-state index in [9.17, 15) is 18.0 Å². The van der Waals surface area contributed by atoms with Gasteiger partial charge >= 0.3 is 0 Å². The molecule has 25 heavy (non-hydrogen) atoms. The summed E-state index contributed by atoms with van der Waals surface area (Å²) in [6.07, 6.45) is 2.70. The van der Waals surface area contributed by atoms with Gasteiger partial charge in [0.05, 0.1) is 15.5 Å². The highest BCUT2D eigenvalue weighted by Crippen LogP contribution is 2.25. The van der Waals surface area contributed by atoms with Gasteiger partial charge in [-0.05, 0) is 31.0 Å². The van der Waals surface area contributed by atoms with Gasteiger partial charge in [0.1, 0.15) is 0 Å².